The molecule has 2 heterocycles. The van der Waals surface area contributed by atoms with Crippen LogP contribution in [0.4, 0.5) is 0 Å². The molecule has 1 amide bonds. The van der Waals surface area contributed by atoms with Crippen LogP contribution in [0.25, 0.3) is 0 Å². The summed E-state index contributed by atoms with van der Waals surface area (Å²) in [7, 11) is 1.57. The van der Waals surface area contributed by atoms with Crippen LogP contribution in [0.1, 0.15) is 29.5 Å². The molecule has 0 aliphatic heterocycles. The third-order valence-electron chi connectivity index (χ3n) is 3.62. The Morgan fingerprint density at radius 1 is 1.38 bits per heavy atom. The highest BCUT2D eigenvalue weighted by Gasteiger charge is 2.16. The minimum absolute atomic E-state index is 0.172. The van der Waals surface area contributed by atoms with E-state index in [1.165, 1.54) is 4.57 Å². The number of nitrogens with one attached hydrogen (secondary N) is 1. The van der Waals surface area contributed by atoms with Crippen molar-refractivity contribution in [2.75, 3.05) is 13.7 Å². The Kier molecular flexibility index (Phi) is 6.20. The second-order valence-electron chi connectivity index (χ2n) is 5.55. The van der Waals surface area contributed by atoms with Crippen LogP contribution in [-0.4, -0.2) is 34.2 Å². The van der Waals surface area contributed by atoms with Crippen LogP contribution in [0.5, 0.6) is 0 Å². The first-order valence-corrected chi connectivity index (χ1v) is 7.75. The predicted molar refractivity (Wildman–Crippen MR) is 89.6 cm³/mol. The summed E-state index contributed by atoms with van der Waals surface area (Å²) < 4.78 is 6.65. The highest BCUT2D eigenvalue weighted by molar-refractivity contribution is 5.76. The Hall–Kier alpha value is -2.54. The molecule has 0 bridgehead atoms. The average Bonchev–Trinajstić information content (AvgIpc) is 2.54. The molecule has 128 valence electrons. The van der Waals surface area contributed by atoms with Crippen molar-refractivity contribution in [3.63, 3.8) is 0 Å². The van der Waals surface area contributed by atoms with E-state index in [-0.39, 0.29) is 30.6 Å². The quantitative estimate of drug-likeness (QED) is 0.823. The highest BCUT2D eigenvalue weighted by Crippen LogP contribution is 2.10. The molecule has 0 spiro atoms. The number of aryl methyl sites for hydroxylation is 2. The number of ether oxygens (including phenoxy) is 1. The molecule has 0 saturated heterocycles. The summed E-state index contributed by atoms with van der Waals surface area (Å²) in [5.74, 6) is -0.172. The first kappa shape index (κ1) is 17.8. The lowest BCUT2D eigenvalue weighted by molar-refractivity contribution is -0.122. The zero-order valence-corrected chi connectivity index (χ0v) is 14.2. The van der Waals surface area contributed by atoms with E-state index in [1.807, 2.05) is 31.2 Å². The lowest BCUT2D eigenvalue weighted by Crippen LogP contribution is -2.34. The number of carbonyl (C=O) groups is 1. The number of aromatic nitrogens is 3. The summed E-state index contributed by atoms with van der Waals surface area (Å²) in [5, 5.41) is 2.89. The van der Waals surface area contributed by atoms with E-state index < -0.39 is 0 Å². The van der Waals surface area contributed by atoms with Gasteiger partial charge in [0.1, 0.15) is 0 Å². The molecule has 1 atom stereocenters. The van der Waals surface area contributed by atoms with Gasteiger partial charge >= 0.3 is 5.69 Å². The maximum Gasteiger partial charge on any atom is 0.347 e. The van der Waals surface area contributed by atoms with Crippen molar-refractivity contribution in [1.29, 1.82) is 0 Å². The molecule has 7 heteroatoms. The van der Waals surface area contributed by atoms with Gasteiger partial charge < -0.3 is 10.1 Å². The number of amides is 1. The van der Waals surface area contributed by atoms with Crippen LogP contribution in [0.15, 0.2) is 35.3 Å². The minimum Gasteiger partial charge on any atom is -0.382 e. The summed E-state index contributed by atoms with van der Waals surface area (Å²) in [6.07, 6.45) is 1.85. The van der Waals surface area contributed by atoms with Crippen molar-refractivity contribution in [3.8, 4) is 0 Å². The van der Waals surface area contributed by atoms with Crippen molar-refractivity contribution in [2.24, 2.45) is 0 Å². The van der Waals surface area contributed by atoms with Gasteiger partial charge in [-0.1, -0.05) is 6.07 Å². The van der Waals surface area contributed by atoms with E-state index in [4.69, 9.17) is 4.74 Å². The highest BCUT2D eigenvalue weighted by atomic mass is 16.5. The maximum absolute atomic E-state index is 12.2. The van der Waals surface area contributed by atoms with Crippen molar-refractivity contribution in [3.05, 3.63) is 58.0 Å². The number of carbonyl (C=O) groups excluding carboxylic acids is 1. The van der Waals surface area contributed by atoms with E-state index in [9.17, 15) is 9.59 Å². The van der Waals surface area contributed by atoms with Crippen LogP contribution in [0.2, 0.25) is 0 Å². The number of hydrogen-bond donors (Lipinski definition) is 1. The smallest absolute Gasteiger partial charge is 0.347 e. The molecule has 0 aliphatic rings. The van der Waals surface area contributed by atoms with Crippen molar-refractivity contribution < 1.29 is 9.53 Å². The summed E-state index contributed by atoms with van der Waals surface area (Å²) in [6, 6.07) is 7.01. The summed E-state index contributed by atoms with van der Waals surface area (Å²) in [5.41, 5.74) is 1.86. The van der Waals surface area contributed by atoms with E-state index in [0.717, 1.165) is 11.4 Å². The SMILES string of the molecule is COCC(NC(=O)CCn1c(C)cc(C)nc1=O)c1ccccn1. The predicted octanol–water partition coefficient (Wildman–Crippen LogP) is 1.15. The molecule has 0 radical (unpaired) electrons. The first-order valence-electron chi connectivity index (χ1n) is 7.75. The topological polar surface area (TPSA) is 86.1 Å². The minimum atomic E-state index is -0.335. The Morgan fingerprint density at radius 3 is 2.79 bits per heavy atom. The van der Waals surface area contributed by atoms with Gasteiger partial charge in [0, 0.05) is 37.7 Å². The fraction of sp³-hybridized carbons (Fsp3) is 0.412. The zero-order chi connectivity index (χ0) is 17.5. The third-order valence-corrected chi connectivity index (χ3v) is 3.62. The standard InChI is InChI=1S/C17H22N4O3/c1-12-10-13(2)21(17(23)19-12)9-7-16(22)20-15(11-24-3)14-6-4-5-8-18-14/h4-6,8,10,15H,7,9,11H2,1-3H3,(H,20,22). The maximum atomic E-state index is 12.2. The normalized spacial score (nSPS) is 12.0. The molecular weight excluding hydrogens is 308 g/mol. The first-order chi connectivity index (χ1) is 11.5. The monoisotopic (exact) mass is 330 g/mol. The van der Waals surface area contributed by atoms with E-state index >= 15 is 0 Å². The molecule has 7 nitrogen and oxygen atoms in total. The Balaban J connectivity index is 2.01. The molecule has 1 unspecified atom stereocenters. The molecule has 2 aromatic heterocycles. The average molecular weight is 330 g/mol. The fourth-order valence-electron chi connectivity index (χ4n) is 2.48. The molecule has 0 aromatic carbocycles. The molecule has 1 N–H and O–H groups in total. The van der Waals surface area contributed by atoms with Gasteiger partial charge in [-0.2, -0.15) is 4.98 Å². The summed E-state index contributed by atoms with van der Waals surface area (Å²) >= 11 is 0. The van der Waals surface area contributed by atoms with Gasteiger partial charge in [0.2, 0.25) is 5.91 Å². The Bertz CT molecular complexity index is 743. The molecule has 24 heavy (non-hydrogen) atoms. The molecule has 0 aliphatic carbocycles. The Labute approximate surface area is 140 Å². The van der Waals surface area contributed by atoms with Gasteiger partial charge in [-0.15, -0.1) is 0 Å². The van der Waals surface area contributed by atoms with E-state index in [0.29, 0.717) is 12.3 Å². The van der Waals surface area contributed by atoms with Crippen molar-refractivity contribution in [2.45, 2.75) is 32.9 Å². The van der Waals surface area contributed by atoms with Crippen LogP contribution in [-0.2, 0) is 16.1 Å². The lowest BCUT2D eigenvalue weighted by atomic mass is 10.2. The fourth-order valence-corrected chi connectivity index (χ4v) is 2.48. The van der Waals surface area contributed by atoms with Crippen LogP contribution in [0.3, 0.4) is 0 Å². The van der Waals surface area contributed by atoms with Gasteiger partial charge in [-0.25, -0.2) is 4.79 Å². The number of methoxy groups -OCH3 is 1. The Morgan fingerprint density at radius 2 is 2.17 bits per heavy atom. The van der Waals surface area contributed by atoms with Gasteiger partial charge in [0.25, 0.3) is 0 Å². The van der Waals surface area contributed by atoms with Gasteiger partial charge in [-0.05, 0) is 32.0 Å². The largest absolute Gasteiger partial charge is 0.382 e. The number of nitrogens with zero attached hydrogens (tertiary/aromatic N) is 3. The number of pyridine rings is 1. The number of hydrogen-bond acceptors (Lipinski definition) is 5. The van der Waals surface area contributed by atoms with Gasteiger partial charge in [0.05, 0.1) is 18.3 Å². The van der Waals surface area contributed by atoms with Gasteiger partial charge in [-0.3, -0.25) is 14.3 Å². The van der Waals surface area contributed by atoms with Crippen LogP contribution in [0, 0.1) is 13.8 Å². The zero-order valence-electron chi connectivity index (χ0n) is 14.2. The lowest BCUT2D eigenvalue weighted by Gasteiger charge is -2.18. The molecule has 0 fully saturated rings. The summed E-state index contributed by atoms with van der Waals surface area (Å²) in [4.78, 5) is 32.3. The van der Waals surface area contributed by atoms with Crippen LogP contribution >= 0.6 is 0 Å². The molecule has 0 saturated carbocycles. The summed E-state index contributed by atoms with van der Waals surface area (Å²) in [6.45, 7) is 4.21. The second-order valence-corrected chi connectivity index (χ2v) is 5.55. The molecule has 2 aromatic rings. The third kappa shape index (κ3) is 4.73. The molecular formula is C17H22N4O3. The van der Waals surface area contributed by atoms with Crippen LogP contribution < -0.4 is 11.0 Å². The van der Waals surface area contributed by atoms with E-state index in [2.05, 4.69) is 15.3 Å². The van der Waals surface area contributed by atoms with Gasteiger partial charge in [0.15, 0.2) is 0 Å². The van der Waals surface area contributed by atoms with Crippen molar-refractivity contribution >= 4 is 5.91 Å². The second kappa shape index (κ2) is 8.35. The molecule has 2 rings (SSSR count). The number of rotatable bonds is 7. The van der Waals surface area contributed by atoms with Crippen molar-refractivity contribution in [1.82, 2.24) is 19.9 Å². The van der Waals surface area contributed by atoms with E-state index in [1.54, 1.807) is 20.2 Å².